The number of H-pyrrole nitrogens is 2. The highest BCUT2D eigenvalue weighted by atomic mass is 19.3. The average Bonchev–Trinajstić information content (AvgIpc) is 4.06. The minimum atomic E-state index is -5.28. The van der Waals surface area contributed by atoms with Gasteiger partial charge in [-0.2, -0.15) is 13.2 Å². The van der Waals surface area contributed by atoms with E-state index in [9.17, 15) is 29.2 Å². The Morgan fingerprint density at radius 3 is 1.28 bits per heavy atom. The number of phenols is 3. The van der Waals surface area contributed by atoms with Crippen molar-refractivity contribution in [1.82, 2.24) is 19.9 Å². The molecule has 0 aliphatic carbocycles. The first kappa shape index (κ1) is 38.8. The highest BCUT2D eigenvalue weighted by molar-refractivity contribution is 6.00. The Bertz CT molecular complexity index is 3080. The van der Waals surface area contributed by atoms with Gasteiger partial charge in [0.25, 0.3) is 6.36 Å². The Morgan fingerprint density at radius 2 is 0.885 bits per heavy atom. The van der Waals surface area contributed by atoms with Gasteiger partial charge in [0.15, 0.2) is 0 Å². The van der Waals surface area contributed by atoms with Crippen molar-refractivity contribution in [3.8, 4) is 67.5 Å². The quantitative estimate of drug-likeness (QED) is 0.0743. The van der Waals surface area contributed by atoms with E-state index in [2.05, 4.69) is 9.97 Å². The van der Waals surface area contributed by atoms with E-state index in [4.69, 9.17) is 19.8 Å². The molecule has 0 fully saturated rings. The molecular weight excluding hydrogens is 793 g/mol. The molecular formula is C47H32F4N4O6. The third-order valence-electron chi connectivity index (χ3n) is 10.3. The average molecular weight is 825 g/mol. The second kappa shape index (κ2) is 14.9. The highest BCUT2D eigenvalue weighted by Crippen LogP contribution is 2.44. The lowest BCUT2D eigenvalue weighted by molar-refractivity contribution is -0.381. The molecule has 2 aliphatic heterocycles. The van der Waals surface area contributed by atoms with E-state index in [1.54, 1.807) is 85.0 Å². The Hall–Kier alpha value is -7.68. The maximum absolute atomic E-state index is 15.2. The smallest absolute Gasteiger partial charge is 0.465 e. The molecule has 9 rings (SSSR count). The van der Waals surface area contributed by atoms with E-state index >= 15 is 8.78 Å². The van der Waals surface area contributed by atoms with E-state index in [1.807, 2.05) is 24.3 Å². The minimum Gasteiger partial charge on any atom is -0.508 e. The van der Waals surface area contributed by atoms with Gasteiger partial charge in [0.05, 0.1) is 22.8 Å². The molecule has 0 saturated carbocycles. The number of benzene rings is 4. The second-order valence-corrected chi connectivity index (χ2v) is 14.3. The number of aromatic hydroxyl groups is 3. The van der Waals surface area contributed by atoms with Crippen molar-refractivity contribution in [2.75, 3.05) is 0 Å². The Balaban J connectivity index is 1.44. The molecule has 2 unspecified atom stereocenters. The fraction of sp³-hybridized carbons (Fsp3) is 0.0638. The monoisotopic (exact) mass is 824 g/mol. The van der Waals surface area contributed by atoms with Gasteiger partial charge in [0.2, 0.25) is 0 Å². The molecule has 8 bridgehead atoms. The predicted octanol–water partition coefficient (Wildman–Crippen LogP) is 10.4. The topological polar surface area (TPSA) is 168 Å². The molecule has 61 heavy (non-hydrogen) atoms. The number of aliphatic hydroxyl groups excluding tert-OH is 1. The number of aromatic amines is 2. The molecule has 14 heteroatoms. The first-order chi connectivity index (χ1) is 29.3. The standard InChI is InChI=1S/C47H32F4N4O6/c48-45(59)46(49,60)47(50,51)61-40-13-2-1-12-31(40)44-38-20-18-36(54-38)42(26-7-4-10-29(57)23-26)34-16-14-32(52-34)41(25-6-3-9-28(56)22-25)33-15-17-35(53-33)43(37-19-21-39(44)55-37)27-8-5-11-30(58)24-27/h1-24,45,52,55-60H. The summed E-state index contributed by atoms with van der Waals surface area (Å²) in [4.78, 5) is 17.0. The van der Waals surface area contributed by atoms with Crippen LogP contribution in [0.3, 0.4) is 0 Å². The molecule has 7 N–H and O–H groups in total. The van der Waals surface area contributed by atoms with Crippen LogP contribution in [0.5, 0.6) is 23.0 Å². The van der Waals surface area contributed by atoms with Crippen molar-refractivity contribution in [1.29, 1.82) is 0 Å². The fourth-order valence-electron chi connectivity index (χ4n) is 7.49. The Kier molecular flexibility index (Phi) is 9.45. The zero-order chi connectivity index (χ0) is 42.6. The van der Waals surface area contributed by atoms with Gasteiger partial charge in [0, 0.05) is 49.9 Å². The van der Waals surface area contributed by atoms with Crippen LogP contribution < -0.4 is 4.74 Å². The summed E-state index contributed by atoms with van der Waals surface area (Å²) in [5.74, 6) is -5.84. The summed E-state index contributed by atoms with van der Waals surface area (Å²) in [5, 5.41) is 50.6. The van der Waals surface area contributed by atoms with Crippen molar-refractivity contribution < 1.29 is 47.8 Å². The molecule has 3 aromatic heterocycles. The number of hydrogen-bond donors (Lipinski definition) is 7. The van der Waals surface area contributed by atoms with Gasteiger partial charge >= 0.3 is 12.0 Å². The van der Waals surface area contributed by atoms with Crippen LogP contribution in [0.1, 0.15) is 22.8 Å². The summed E-state index contributed by atoms with van der Waals surface area (Å²) in [6.07, 6.45) is -2.38. The normalized spacial score (nSPS) is 13.9. The Morgan fingerprint density at radius 1 is 0.508 bits per heavy atom. The van der Waals surface area contributed by atoms with E-state index in [0.29, 0.717) is 67.0 Å². The zero-order valence-corrected chi connectivity index (χ0v) is 31.5. The van der Waals surface area contributed by atoms with E-state index in [0.717, 1.165) is 6.07 Å². The number of nitrogens with zero attached hydrogens (tertiary/aromatic N) is 2. The van der Waals surface area contributed by atoms with Crippen LogP contribution >= 0.6 is 0 Å². The highest BCUT2D eigenvalue weighted by Gasteiger charge is 2.63. The third kappa shape index (κ3) is 7.03. The number of rotatable bonds is 8. The van der Waals surface area contributed by atoms with Gasteiger partial charge in [-0.25, -0.2) is 14.4 Å². The first-order valence-corrected chi connectivity index (χ1v) is 18.7. The summed E-state index contributed by atoms with van der Waals surface area (Å²) in [7, 11) is 0. The van der Waals surface area contributed by atoms with Crippen LogP contribution in [0.4, 0.5) is 17.6 Å². The molecule has 2 atom stereocenters. The van der Waals surface area contributed by atoms with Crippen LogP contribution in [0.2, 0.25) is 0 Å². The Labute approximate surface area is 343 Å². The molecule has 0 amide bonds. The number of alkyl halides is 4. The number of para-hydroxylation sites is 1. The van der Waals surface area contributed by atoms with Crippen LogP contribution in [0.25, 0.3) is 90.9 Å². The van der Waals surface area contributed by atoms with Gasteiger partial charge in [-0.05, 0) is 108 Å². The van der Waals surface area contributed by atoms with E-state index in [1.165, 1.54) is 30.3 Å². The molecule has 4 aromatic carbocycles. The molecule has 5 heterocycles. The largest absolute Gasteiger partial charge is 0.508 e. The lowest BCUT2D eigenvalue weighted by atomic mass is 10.0. The number of phenolic OH excluding ortho intramolecular Hbond substituents is 3. The summed E-state index contributed by atoms with van der Waals surface area (Å²) >= 11 is 0. The van der Waals surface area contributed by atoms with Crippen LogP contribution in [0, 0.1) is 0 Å². The number of fused-ring (bicyclic) bond motifs is 8. The summed E-state index contributed by atoms with van der Waals surface area (Å²) in [6.45, 7) is 0. The van der Waals surface area contributed by atoms with E-state index < -0.39 is 24.1 Å². The van der Waals surface area contributed by atoms with Crippen LogP contribution in [-0.4, -0.2) is 63.8 Å². The maximum atomic E-state index is 15.2. The molecule has 0 radical (unpaired) electrons. The number of ether oxygens (including phenoxy) is 1. The molecule has 0 saturated heterocycles. The third-order valence-corrected chi connectivity index (χ3v) is 10.3. The summed E-state index contributed by atoms with van der Waals surface area (Å²) in [6, 6.07) is 32.0. The van der Waals surface area contributed by atoms with Crippen LogP contribution in [-0.2, 0) is 0 Å². The van der Waals surface area contributed by atoms with Gasteiger partial charge in [-0.1, -0.05) is 54.6 Å². The lowest BCUT2D eigenvalue weighted by Crippen LogP contribution is -2.54. The number of aromatic nitrogens is 4. The van der Waals surface area contributed by atoms with Crippen molar-refractivity contribution >= 4 is 46.4 Å². The molecule has 0 spiro atoms. The number of halogens is 4. The zero-order valence-electron chi connectivity index (χ0n) is 31.5. The molecule has 7 aromatic rings. The van der Waals surface area contributed by atoms with Crippen LogP contribution in [0.15, 0.2) is 121 Å². The van der Waals surface area contributed by atoms with Crippen molar-refractivity contribution in [3.63, 3.8) is 0 Å². The maximum Gasteiger partial charge on any atom is 0.465 e. The predicted molar refractivity (Wildman–Crippen MR) is 224 cm³/mol. The fourth-order valence-corrected chi connectivity index (χ4v) is 7.49. The molecule has 304 valence electrons. The van der Waals surface area contributed by atoms with Gasteiger partial charge in [-0.3, -0.25) is 0 Å². The summed E-state index contributed by atoms with van der Waals surface area (Å²) < 4.78 is 63.4. The first-order valence-electron chi connectivity index (χ1n) is 18.7. The number of nitrogens with one attached hydrogen (secondary N) is 2. The van der Waals surface area contributed by atoms with Crippen molar-refractivity contribution in [3.05, 3.63) is 144 Å². The van der Waals surface area contributed by atoms with Gasteiger partial charge in [-0.15, -0.1) is 0 Å². The minimum absolute atomic E-state index is 0.0283. The number of hydrogen-bond acceptors (Lipinski definition) is 8. The van der Waals surface area contributed by atoms with Crippen molar-refractivity contribution in [2.24, 2.45) is 0 Å². The summed E-state index contributed by atoms with van der Waals surface area (Å²) in [5.41, 5.74) is 6.92. The van der Waals surface area contributed by atoms with E-state index in [-0.39, 0.29) is 39.6 Å². The number of aliphatic hydroxyl groups is 2. The van der Waals surface area contributed by atoms with Crippen molar-refractivity contribution in [2.45, 2.75) is 18.3 Å². The SMILES string of the molecule is Oc1cccc(-c2c3nc(c(-c4cccc(O)c4)c4ccc([nH]4)c(-c4ccccc4OC(F)(F)C(O)(F)C(O)F)c4nc(c(-c5cccc(O)c5)c5ccc2[nH]5)C=C4)C=C3)c1. The lowest BCUT2D eigenvalue weighted by Gasteiger charge is -2.29. The molecule has 10 nitrogen and oxygen atoms in total. The second-order valence-electron chi connectivity index (χ2n) is 14.3. The van der Waals surface area contributed by atoms with Gasteiger partial charge < -0.3 is 40.2 Å². The van der Waals surface area contributed by atoms with Gasteiger partial charge in [0.1, 0.15) is 23.0 Å². The molecule has 2 aliphatic rings.